The van der Waals surface area contributed by atoms with Gasteiger partial charge in [-0.3, -0.25) is 4.99 Å². The van der Waals surface area contributed by atoms with E-state index < -0.39 is 0 Å². The number of benzene rings is 2. The smallest absolute Gasteiger partial charge is 0.0849 e. The second-order valence-corrected chi connectivity index (χ2v) is 7.63. The lowest BCUT2D eigenvalue weighted by molar-refractivity contribution is 0.834. The Morgan fingerprint density at radius 1 is 0.846 bits per heavy atom. The van der Waals surface area contributed by atoms with Gasteiger partial charge in [-0.1, -0.05) is 70.2 Å². The van der Waals surface area contributed by atoms with Crippen LogP contribution in [0.4, 0.5) is 5.69 Å². The summed E-state index contributed by atoms with van der Waals surface area (Å²) in [6.45, 7) is 13.1. The van der Waals surface area contributed by atoms with Crippen molar-refractivity contribution >= 4 is 22.3 Å². The molecule has 3 rings (SSSR count). The van der Waals surface area contributed by atoms with Crippen LogP contribution in [0.5, 0.6) is 0 Å². The first kappa shape index (κ1) is 18.3. The summed E-state index contributed by atoms with van der Waals surface area (Å²) in [5, 5.41) is 1.17. The molecule has 0 atom stereocenters. The van der Waals surface area contributed by atoms with Crippen molar-refractivity contribution in [1.29, 1.82) is 0 Å². The molecule has 0 saturated heterocycles. The molecule has 1 aromatic heterocycles. The molecule has 0 saturated carbocycles. The minimum atomic E-state index is 0.437. The summed E-state index contributed by atoms with van der Waals surface area (Å²) >= 11 is 0. The fraction of sp³-hybridized carbons (Fsp3) is 0.333. The van der Waals surface area contributed by atoms with Crippen molar-refractivity contribution in [2.24, 2.45) is 4.99 Å². The van der Waals surface area contributed by atoms with Crippen LogP contribution in [0.1, 0.15) is 68.8 Å². The fourth-order valence-electron chi connectivity index (χ4n) is 3.36. The van der Waals surface area contributed by atoms with Gasteiger partial charge in [0.15, 0.2) is 0 Å². The van der Waals surface area contributed by atoms with Crippen molar-refractivity contribution in [3.8, 4) is 0 Å². The molecule has 0 N–H and O–H groups in total. The number of aryl methyl sites for hydroxylation is 1. The van der Waals surface area contributed by atoms with E-state index >= 15 is 0 Å². The number of rotatable bonds is 4. The second-order valence-electron chi connectivity index (χ2n) is 7.63. The fourth-order valence-corrected chi connectivity index (χ4v) is 3.36. The summed E-state index contributed by atoms with van der Waals surface area (Å²) in [7, 11) is 0. The molecule has 2 aromatic carbocycles. The van der Waals surface area contributed by atoms with E-state index in [9.17, 15) is 0 Å². The van der Waals surface area contributed by atoms with Gasteiger partial charge < -0.3 is 0 Å². The molecular weight excluding hydrogens is 316 g/mol. The molecule has 1 heterocycles. The van der Waals surface area contributed by atoms with Crippen LogP contribution in [0.15, 0.2) is 53.5 Å². The van der Waals surface area contributed by atoms with Crippen molar-refractivity contribution in [3.63, 3.8) is 0 Å². The zero-order chi connectivity index (χ0) is 18.8. The Labute approximate surface area is 157 Å². The summed E-state index contributed by atoms with van der Waals surface area (Å²) in [6.07, 6.45) is 0. The lowest BCUT2D eigenvalue weighted by Gasteiger charge is -2.17. The highest BCUT2D eigenvalue weighted by atomic mass is 14.8. The minimum Gasteiger partial charge on any atom is -0.251 e. The second kappa shape index (κ2) is 7.41. The molecule has 0 amide bonds. The van der Waals surface area contributed by atoms with Crippen LogP contribution >= 0.6 is 0 Å². The van der Waals surface area contributed by atoms with Crippen molar-refractivity contribution in [2.45, 2.75) is 53.4 Å². The maximum Gasteiger partial charge on any atom is 0.0849 e. The molecule has 0 aliphatic carbocycles. The van der Waals surface area contributed by atoms with E-state index in [2.05, 4.69) is 90.1 Å². The Balaban J connectivity index is 2.15. The Morgan fingerprint density at radius 3 is 2.08 bits per heavy atom. The first-order chi connectivity index (χ1) is 12.4. The van der Waals surface area contributed by atoms with Crippen LogP contribution in [0.3, 0.4) is 0 Å². The summed E-state index contributed by atoms with van der Waals surface area (Å²) < 4.78 is 0. The first-order valence-corrected chi connectivity index (χ1v) is 9.43. The molecule has 0 aliphatic heterocycles. The molecule has 0 bridgehead atoms. The molecule has 0 spiro atoms. The highest BCUT2D eigenvalue weighted by molar-refractivity contribution is 6.00. The maximum absolute atomic E-state index is 5.06. The van der Waals surface area contributed by atoms with Crippen LogP contribution in [0.2, 0.25) is 0 Å². The third-order valence-corrected chi connectivity index (χ3v) is 4.91. The van der Waals surface area contributed by atoms with Gasteiger partial charge >= 0.3 is 0 Å². The minimum absolute atomic E-state index is 0.437. The number of aliphatic imine (C=N–C) groups is 1. The number of aromatic nitrogens is 1. The van der Waals surface area contributed by atoms with Gasteiger partial charge in [-0.25, -0.2) is 4.98 Å². The average Bonchev–Trinajstić information content (AvgIpc) is 2.61. The van der Waals surface area contributed by atoms with Gasteiger partial charge in [0.05, 0.1) is 22.6 Å². The third-order valence-electron chi connectivity index (χ3n) is 4.91. The predicted octanol–water partition coefficient (Wildman–Crippen LogP) is 6.93. The van der Waals surface area contributed by atoms with Crippen molar-refractivity contribution in [3.05, 3.63) is 70.9 Å². The summed E-state index contributed by atoms with van der Waals surface area (Å²) in [6, 6.07) is 17.0. The van der Waals surface area contributed by atoms with Crippen LogP contribution in [0.25, 0.3) is 10.9 Å². The van der Waals surface area contributed by atoms with E-state index in [-0.39, 0.29) is 0 Å². The molecule has 134 valence electrons. The van der Waals surface area contributed by atoms with E-state index in [1.165, 1.54) is 22.1 Å². The highest BCUT2D eigenvalue weighted by Gasteiger charge is 2.14. The number of hydrogen-bond acceptors (Lipinski definition) is 2. The average molecular weight is 345 g/mol. The van der Waals surface area contributed by atoms with Crippen LogP contribution in [-0.2, 0) is 0 Å². The molecule has 3 aromatic rings. The van der Waals surface area contributed by atoms with Gasteiger partial charge in [-0.15, -0.1) is 0 Å². The zero-order valence-electron chi connectivity index (χ0n) is 16.7. The van der Waals surface area contributed by atoms with Gasteiger partial charge in [-0.05, 0) is 48.4 Å². The zero-order valence-corrected chi connectivity index (χ0v) is 16.7. The Kier molecular flexibility index (Phi) is 5.22. The summed E-state index contributed by atoms with van der Waals surface area (Å²) in [5.74, 6) is 0.874. The van der Waals surface area contributed by atoms with E-state index in [1.54, 1.807) is 0 Å². The van der Waals surface area contributed by atoms with Crippen LogP contribution in [-0.4, -0.2) is 10.7 Å². The predicted molar refractivity (Wildman–Crippen MR) is 113 cm³/mol. The van der Waals surface area contributed by atoms with Crippen molar-refractivity contribution < 1.29 is 0 Å². The Bertz CT molecular complexity index is 939. The van der Waals surface area contributed by atoms with Crippen LogP contribution in [0, 0.1) is 6.92 Å². The first-order valence-electron chi connectivity index (χ1n) is 9.43. The molecule has 0 unspecified atom stereocenters. The number of fused-ring (bicyclic) bond motifs is 1. The van der Waals surface area contributed by atoms with Crippen LogP contribution < -0.4 is 0 Å². The largest absolute Gasteiger partial charge is 0.251 e. The normalized spacial score (nSPS) is 12.4. The van der Waals surface area contributed by atoms with Gasteiger partial charge in [0.2, 0.25) is 0 Å². The number of para-hydroxylation sites is 2. The van der Waals surface area contributed by atoms with Gasteiger partial charge in [0, 0.05) is 5.39 Å². The highest BCUT2D eigenvalue weighted by Crippen LogP contribution is 2.35. The number of hydrogen-bond donors (Lipinski definition) is 0. The molecule has 0 aliphatic rings. The maximum atomic E-state index is 5.06. The lowest BCUT2D eigenvalue weighted by atomic mass is 9.93. The summed E-state index contributed by atoms with van der Waals surface area (Å²) in [5.41, 5.74) is 7.87. The third kappa shape index (κ3) is 3.55. The lowest BCUT2D eigenvalue weighted by Crippen LogP contribution is -2.02. The Hall–Kier alpha value is -2.48. The van der Waals surface area contributed by atoms with Crippen molar-refractivity contribution in [2.75, 3.05) is 0 Å². The van der Waals surface area contributed by atoms with Gasteiger partial charge in [0.1, 0.15) is 0 Å². The van der Waals surface area contributed by atoms with Gasteiger partial charge in [-0.2, -0.15) is 0 Å². The number of nitrogens with zero attached hydrogens (tertiary/aromatic N) is 2. The Morgan fingerprint density at radius 2 is 1.46 bits per heavy atom. The molecule has 0 radical (unpaired) electrons. The number of pyridine rings is 1. The van der Waals surface area contributed by atoms with E-state index in [4.69, 9.17) is 9.98 Å². The van der Waals surface area contributed by atoms with Gasteiger partial charge in [0.25, 0.3) is 0 Å². The molecule has 2 nitrogen and oxygen atoms in total. The van der Waals surface area contributed by atoms with Crippen molar-refractivity contribution in [1.82, 2.24) is 4.98 Å². The van der Waals surface area contributed by atoms with E-state index in [1.807, 2.05) is 0 Å². The molecule has 26 heavy (non-hydrogen) atoms. The van der Waals surface area contributed by atoms with E-state index in [0.29, 0.717) is 11.8 Å². The molecule has 0 fully saturated rings. The summed E-state index contributed by atoms with van der Waals surface area (Å²) in [4.78, 5) is 9.95. The topological polar surface area (TPSA) is 25.2 Å². The van der Waals surface area contributed by atoms with E-state index in [0.717, 1.165) is 22.6 Å². The standard InChI is InChI=1S/C24H28N2/c1-15(2)20-11-8-12-21(16(3)4)24(20)25-18(6)22-14-13-19-10-7-9-17(5)23(19)26-22/h7-16H,1-6H3. The quantitative estimate of drug-likeness (QED) is 0.471. The SMILES string of the molecule is CC(=Nc1c(C(C)C)cccc1C(C)C)c1ccc2cccc(C)c2n1. The molecule has 2 heteroatoms. The molecular formula is C24H28N2. The monoisotopic (exact) mass is 344 g/mol.